The predicted molar refractivity (Wildman–Crippen MR) is 144 cm³/mol. The van der Waals surface area contributed by atoms with E-state index in [1.54, 1.807) is 64.5 Å². The lowest BCUT2D eigenvalue weighted by atomic mass is 10.2. The summed E-state index contributed by atoms with van der Waals surface area (Å²) in [4.78, 5) is 1.19. The van der Waals surface area contributed by atoms with Gasteiger partial charge in [0.1, 0.15) is 18.1 Å². The molecule has 3 aromatic carbocycles. The van der Waals surface area contributed by atoms with Crippen molar-refractivity contribution in [2.75, 3.05) is 10.5 Å². The summed E-state index contributed by atoms with van der Waals surface area (Å²) in [5.74, 6) is 0.508. The highest BCUT2D eigenvalue weighted by Gasteiger charge is 2.09. The monoisotopic (exact) mass is 517 g/mol. The maximum Gasteiger partial charge on any atom is 0.255 e. The van der Waals surface area contributed by atoms with Gasteiger partial charge in [0.25, 0.3) is 10.0 Å². The molecule has 5 rings (SSSR count). The smallest absolute Gasteiger partial charge is 0.255 e. The molecule has 2 heterocycles. The highest BCUT2D eigenvalue weighted by Crippen LogP contribution is 2.26. The number of anilines is 2. The molecule has 0 saturated carbocycles. The van der Waals surface area contributed by atoms with E-state index < -0.39 is 10.0 Å². The topological polar surface area (TPSA) is 112 Å². The van der Waals surface area contributed by atoms with Crippen LogP contribution in [0.1, 0.15) is 16.1 Å². The maximum atomic E-state index is 12.5. The zero-order valence-corrected chi connectivity index (χ0v) is 20.7. The number of rotatable bonds is 9. The van der Waals surface area contributed by atoms with Crippen LogP contribution in [0.2, 0.25) is 0 Å². The number of thiophene rings is 1. The summed E-state index contributed by atoms with van der Waals surface area (Å²) >= 11 is 1.73. The van der Waals surface area contributed by atoms with Crippen LogP contribution < -0.4 is 15.2 Å². The lowest BCUT2D eigenvalue weighted by Crippen LogP contribution is -2.09. The summed E-state index contributed by atoms with van der Waals surface area (Å²) in [5.41, 5.74) is 8.05. The van der Waals surface area contributed by atoms with Gasteiger partial charge in [-0.25, -0.2) is 13.1 Å². The number of fused-ring (bicyclic) bond motifs is 1. The van der Waals surface area contributed by atoms with Gasteiger partial charge in [0, 0.05) is 21.3 Å². The number of nitrogens with zero attached hydrogens (tertiary/aromatic N) is 3. The van der Waals surface area contributed by atoms with Gasteiger partial charge in [-0.05, 0) is 53.4 Å². The molecule has 10 heteroatoms. The summed E-state index contributed by atoms with van der Waals surface area (Å²) in [6.07, 6.45) is 3.33. The van der Waals surface area contributed by atoms with Gasteiger partial charge in [-0.2, -0.15) is 0 Å². The second-order valence-corrected chi connectivity index (χ2v) is 10.8. The van der Waals surface area contributed by atoms with Gasteiger partial charge in [0.2, 0.25) is 0 Å². The molecule has 0 aliphatic rings. The number of hydrogen-bond donors (Lipinski definition) is 2. The molecule has 36 heavy (non-hydrogen) atoms. The Morgan fingerprint density at radius 2 is 1.89 bits per heavy atom. The van der Waals surface area contributed by atoms with E-state index in [4.69, 9.17) is 10.5 Å². The van der Waals surface area contributed by atoms with Crippen molar-refractivity contribution in [3.63, 3.8) is 0 Å². The Balaban J connectivity index is 1.18. The Labute approximate surface area is 212 Å². The molecule has 0 aliphatic carbocycles. The fraction of sp³-hybridized carbons (Fsp3) is 0.0769. The molecule has 3 N–H and O–H groups in total. The van der Waals surface area contributed by atoms with Crippen molar-refractivity contribution in [3.8, 4) is 5.75 Å². The minimum absolute atomic E-state index is 0.206. The SMILES string of the molecule is Nc1cccc(/C=C/S(=O)(=O)Nc2cccc(OCc3cn(Cc4cc5ccccc5s4)nn3)c2)c1. The molecular weight excluding hydrogens is 494 g/mol. The first kappa shape index (κ1) is 23.6. The van der Waals surface area contributed by atoms with E-state index in [1.807, 2.05) is 18.3 Å². The number of nitrogens with one attached hydrogen (secondary N) is 1. The Hall–Kier alpha value is -4.15. The molecule has 0 radical (unpaired) electrons. The van der Waals surface area contributed by atoms with Crippen LogP contribution in [0.3, 0.4) is 0 Å². The van der Waals surface area contributed by atoms with Crippen LogP contribution in [0.4, 0.5) is 11.4 Å². The molecule has 0 bridgehead atoms. The normalized spacial score (nSPS) is 11.8. The Bertz CT molecular complexity index is 1610. The zero-order valence-electron chi connectivity index (χ0n) is 19.1. The van der Waals surface area contributed by atoms with Crippen LogP contribution in [0, 0.1) is 0 Å². The van der Waals surface area contributed by atoms with Crippen LogP contribution in [-0.4, -0.2) is 23.4 Å². The van der Waals surface area contributed by atoms with Crippen LogP contribution in [-0.2, 0) is 23.2 Å². The number of hydrogen-bond acceptors (Lipinski definition) is 7. The van der Waals surface area contributed by atoms with Gasteiger partial charge in [-0.15, -0.1) is 16.4 Å². The highest BCUT2D eigenvalue weighted by molar-refractivity contribution is 7.95. The number of benzene rings is 3. The van der Waals surface area contributed by atoms with Crippen molar-refractivity contribution >= 4 is 48.9 Å². The molecule has 2 aromatic heterocycles. The van der Waals surface area contributed by atoms with Crippen molar-refractivity contribution in [1.82, 2.24) is 15.0 Å². The van der Waals surface area contributed by atoms with E-state index in [1.165, 1.54) is 21.0 Å². The third kappa shape index (κ3) is 6.09. The number of nitrogens with two attached hydrogens (primary N) is 1. The van der Waals surface area contributed by atoms with Gasteiger partial charge in [0.15, 0.2) is 0 Å². The fourth-order valence-corrected chi connectivity index (χ4v) is 5.51. The molecule has 0 fully saturated rings. The second-order valence-electron chi connectivity index (χ2n) is 8.09. The summed E-state index contributed by atoms with van der Waals surface area (Å²) in [6.45, 7) is 0.838. The average molecular weight is 518 g/mol. The van der Waals surface area contributed by atoms with Crippen LogP contribution in [0.15, 0.2) is 90.5 Å². The quantitative estimate of drug-likeness (QED) is 0.263. The van der Waals surface area contributed by atoms with Crippen molar-refractivity contribution < 1.29 is 13.2 Å². The van der Waals surface area contributed by atoms with E-state index >= 15 is 0 Å². The molecule has 8 nitrogen and oxygen atoms in total. The summed E-state index contributed by atoms with van der Waals surface area (Å²) in [6, 6.07) is 24.1. The Morgan fingerprint density at radius 3 is 2.75 bits per heavy atom. The highest BCUT2D eigenvalue weighted by atomic mass is 32.2. The van der Waals surface area contributed by atoms with E-state index in [0.29, 0.717) is 34.9 Å². The lowest BCUT2D eigenvalue weighted by molar-refractivity contribution is 0.301. The molecule has 0 spiro atoms. The van der Waals surface area contributed by atoms with Crippen molar-refractivity contribution in [3.05, 3.63) is 107 Å². The van der Waals surface area contributed by atoms with Crippen LogP contribution in [0.5, 0.6) is 5.75 Å². The lowest BCUT2D eigenvalue weighted by Gasteiger charge is -2.08. The molecule has 0 amide bonds. The molecule has 0 unspecified atom stereocenters. The van der Waals surface area contributed by atoms with Crippen LogP contribution >= 0.6 is 11.3 Å². The summed E-state index contributed by atoms with van der Waals surface area (Å²) < 4.78 is 36.3. The molecule has 5 aromatic rings. The molecule has 0 aliphatic heterocycles. The minimum Gasteiger partial charge on any atom is -0.487 e. The van der Waals surface area contributed by atoms with Gasteiger partial charge < -0.3 is 10.5 Å². The van der Waals surface area contributed by atoms with Crippen molar-refractivity contribution in [2.45, 2.75) is 13.2 Å². The summed E-state index contributed by atoms with van der Waals surface area (Å²) in [7, 11) is -3.72. The van der Waals surface area contributed by atoms with E-state index in [0.717, 1.165) is 5.41 Å². The van der Waals surface area contributed by atoms with Gasteiger partial charge in [-0.3, -0.25) is 4.72 Å². The molecule has 0 atom stereocenters. The first-order chi connectivity index (χ1) is 17.4. The zero-order chi connectivity index (χ0) is 25.0. The minimum atomic E-state index is -3.72. The predicted octanol–water partition coefficient (Wildman–Crippen LogP) is 5.11. The molecule has 182 valence electrons. The fourth-order valence-electron chi connectivity index (χ4n) is 3.59. The third-order valence-corrected chi connectivity index (χ3v) is 7.33. The summed E-state index contributed by atoms with van der Waals surface area (Å²) in [5, 5.41) is 10.7. The number of aromatic nitrogens is 3. The van der Waals surface area contributed by atoms with E-state index in [9.17, 15) is 8.42 Å². The van der Waals surface area contributed by atoms with Crippen molar-refractivity contribution in [1.29, 1.82) is 0 Å². The Kier molecular flexibility index (Phi) is 6.70. The van der Waals surface area contributed by atoms with Gasteiger partial charge in [0.05, 0.1) is 23.8 Å². The first-order valence-electron chi connectivity index (χ1n) is 11.1. The molecular formula is C26H23N5O3S2. The van der Waals surface area contributed by atoms with Gasteiger partial charge in [-0.1, -0.05) is 41.6 Å². The largest absolute Gasteiger partial charge is 0.487 e. The van der Waals surface area contributed by atoms with E-state index in [-0.39, 0.29) is 6.61 Å². The molecule has 0 saturated heterocycles. The number of nitrogen functional groups attached to an aromatic ring is 1. The third-order valence-electron chi connectivity index (χ3n) is 5.21. The average Bonchev–Trinajstić information content (AvgIpc) is 3.48. The van der Waals surface area contributed by atoms with Crippen molar-refractivity contribution in [2.24, 2.45) is 0 Å². The Morgan fingerprint density at radius 1 is 1.03 bits per heavy atom. The van der Waals surface area contributed by atoms with Gasteiger partial charge >= 0.3 is 0 Å². The number of ether oxygens (including phenoxy) is 1. The van der Waals surface area contributed by atoms with Crippen LogP contribution in [0.25, 0.3) is 16.2 Å². The first-order valence-corrected chi connectivity index (χ1v) is 13.4. The maximum absolute atomic E-state index is 12.5. The second kappa shape index (κ2) is 10.2. The number of sulfonamides is 1. The van der Waals surface area contributed by atoms with E-state index in [2.05, 4.69) is 33.2 Å². The standard InChI is InChI=1S/C26H23N5O3S2/c27-21-7-3-5-19(13-21)11-12-36(32,33)29-22-8-4-9-24(15-22)34-18-23-16-31(30-28-23)17-25-14-20-6-1-2-10-26(20)35-25/h1-16,29H,17-18,27H2/b12-11+.